The van der Waals surface area contributed by atoms with Crippen molar-refractivity contribution in [2.75, 3.05) is 26.7 Å². The Bertz CT molecular complexity index is 1000. The van der Waals surface area contributed by atoms with Gasteiger partial charge in [-0.15, -0.1) is 0 Å². The molecule has 31 heavy (non-hydrogen) atoms. The summed E-state index contributed by atoms with van der Waals surface area (Å²) in [6.45, 7) is 2.49. The number of ether oxygens (including phenoxy) is 1. The van der Waals surface area contributed by atoms with Gasteiger partial charge in [0.15, 0.2) is 4.91 Å². The normalized spacial score (nSPS) is 16.7. The molecule has 1 aliphatic heterocycles. The van der Waals surface area contributed by atoms with Crippen LogP contribution in [0.2, 0.25) is 0 Å². The van der Waals surface area contributed by atoms with Crippen molar-refractivity contribution in [3.8, 4) is 11.8 Å². The number of hydrogen-bond acceptors (Lipinski definition) is 6. The predicted octanol–water partition coefficient (Wildman–Crippen LogP) is 4.04. The number of nitrogens with zero attached hydrogens (tertiary/aromatic N) is 2. The molecule has 0 amide bonds. The van der Waals surface area contributed by atoms with Gasteiger partial charge in [-0.3, -0.25) is 4.90 Å². The van der Waals surface area contributed by atoms with Crippen LogP contribution in [-0.2, 0) is 9.84 Å². The minimum atomic E-state index is -3.85. The molecule has 0 aliphatic carbocycles. The number of sulfone groups is 1. The van der Waals surface area contributed by atoms with E-state index < -0.39 is 9.84 Å². The summed E-state index contributed by atoms with van der Waals surface area (Å²) in [5.74, 6) is 0.798. The molecule has 1 aliphatic rings. The summed E-state index contributed by atoms with van der Waals surface area (Å²) in [6, 6.07) is 17.9. The summed E-state index contributed by atoms with van der Waals surface area (Å²) >= 11 is 0. The molecule has 1 heterocycles. The van der Waals surface area contributed by atoms with Gasteiger partial charge in [0.25, 0.3) is 0 Å². The molecule has 1 atom stereocenters. The zero-order valence-corrected chi connectivity index (χ0v) is 18.6. The van der Waals surface area contributed by atoms with Crippen molar-refractivity contribution in [3.05, 3.63) is 71.3 Å². The smallest absolute Gasteiger partial charge is 0.218 e. The number of benzene rings is 2. The molecule has 0 saturated carbocycles. The van der Waals surface area contributed by atoms with Crippen LogP contribution in [-0.4, -0.2) is 40.1 Å². The number of nitrogens with one attached hydrogen (secondary N) is 1. The van der Waals surface area contributed by atoms with Gasteiger partial charge in [-0.25, -0.2) is 8.42 Å². The molecule has 0 aromatic heterocycles. The van der Waals surface area contributed by atoms with E-state index in [1.165, 1.54) is 31.2 Å². The highest BCUT2D eigenvalue weighted by Crippen LogP contribution is 2.26. The van der Waals surface area contributed by atoms with Crippen molar-refractivity contribution in [2.45, 2.75) is 36.6 Å². The van der Waals surface area contributed by atoms with E-state index in [1.807, 2.05) is 30.3 Å². The molecule has 1 saturated heterocycles. The first-order chi connectivity index (χ1) is 15.1. The van der Waals surface area contributed by atoms with Crippen LogP contribution in [0.3, 0.4) is 0 Å². The van der Waals surface area contributed by atoms with Crippen molar-refractivity contribution in [2.24, 2.45) is 0 Å². The third-order valence-corrected chi connectivity index (χ3v) is 7.26. The third kappa shape index (κ3) is 5.87. The van der Waals surface area contributed by atoms with Crippen LogP contribution in [0, 0.1) is 11.3 Å². The zero-order valence-electron chi connectivity index (χ0n) is 17.8. The summed E-state index contributed by atoms with van der Waals surface area (Å²) in [4.78, 5) is 2.26. The topological polar surface area (TPSA) is 82.4 Å². The van der Waals surface area contributed by atoms with Crippen LogP contribution in [0.4, 0.5) is 0 Å². The Kier molecular flexibility index (Phi) is 8.10. The van der Waals surface area contributed by atoms with E-state index in [4.69, 9.17) is 4.74 Å². The summed E-state index contributed by atoms with van der Waals surface area (Å²) in [6.07, 6.45) is 6.08. The van der Waals surface area contributed by atoms with E-state index in [-0.39, 0.29) is 15.8 Å². The van der Waals surface area contributed by atoms with Crippen LogP contribution < -0.4 is 10.1 Å². The van der Waals surface area contributed by atoms with Gasteiger partial charge in [0.05, 0.1) is 18.0 Å². The molecule has 0 radical (unpaired) electrons. The van der Waals surface area contributed by atoms with E-state index in [2.05, 4.69) is 10.2 Å². The number of allylic oxidation sites excluding steroid dienone is 1. The van der Waals surface area contributed by atoms with E-state index >= 15 is 0 Å². The molecular formula is C24H29N3O3S. The minimum absolute atomic E-state index is 0.0691. The van der Waals surface area contributed by atoms with Crippen molar-refractivity contribution >= 4 is 9.84 Å². The van der Waals surface area contributed by atoms with Gasteiger partial charge in [0, 0.05) is 12.7 Å². The fourth-order valence-electron chi connectivity index (χ4n) is 3.85. The highest BCUT2D eigenvalue weighted by Gasteiger charge is 2.23. The first-order valence-corrected chi connectivity index (χ1v) is 12.1. The number of likely N-dealkylation sites (tertiary alicyclic amines) is 1. The average molecular weight is 440 g/mol. The predicted molar refractivity (Wildman–Crippen MR) is 121 cm³/mol. The number of nitriles is 1. The Hall–Kier alpha value is -2.82. The molecule has 2 aromatic rings. The Morgan fingerprint density at radius 1 is 1.10 bits per heavy atom. The second kappa shape index (κ2) is 11.0. The molecule has 1 fully saturated rings. The van der Waals surface area contributed by atoms with Gasteiger partial charge in [0.1, 0.15) is 11.8 Å². The number of hydrogen-bond donors (Lipinski definition) is 1. The SMILES string of the molecule is COc1ccc(C(CNC=C(C#N)S(=O)(=O)c2ccccc2)N2CCCCCC2)cc1. The largest absolute Gasteiger partial charge is 0.497 e. The molecule has 1 N–H and O–H groups in total. The second-order valence-corrected chi connectivity index (χ2v) is 9.50. The monoisotopic (exact) mass is 439 g/mol. The van der Waals surface area contributed by atoms with E-state index in [1.54, 1.807) is 25.3 Å². The highest BCUT2D eigenvalue weighted by molar-refractivity contribution is 7.95. The maximum atomic E-state index is 12.8. The number of rotatable bonds is 8. The lowest BCUT2D eigenvalue weighted by molar-refractivity contribution is 0.204. The van der Waals surface area contributed by atoms with Gasteiger partial charge in [-0.05, 0) is 55.8 Å². The van der Waals surface area contributed by atoms with Crippen LogP contribution in [0.25, 0.3) is 0 Å². The van der Waals surface area contributed by atoms with Gasteiger partial charge in [0.2, 0.25) is 9.84 Å². The molecule has 164 valence electrons. The fourth-order valence-corrected chi connectivity index (χ4v) is 4.98. The standard InChI is InChI=1S/C24H29N3O3S/c1-30-21-13-11-20(12-14-21)24(27-15-7-2-3-8-16-27)19-26-18-23(17-25)31(28,29)22-9-5-4-6-10-22/h4-6,9-14,18,24,26H,2-3,7-8,15-16,19H2,1H3. The summed E-state index contributed by atoms with van der Waals surface area (Å²) < 4.78 is 30.8. The second-order valence-electron chi connectivity index (χ2n) is 7.58. The summed E-state index contributed by atoms with van der Waals surface area (Å²) in [5, 5.41) is 12.6. The van der Waals surface area contributed by atoms with Crippen LogP contribution in [0.15, 0.2) is 70.6 Å². The van der Waals surface area contributed by atoms with Gasteiger partial charge >= 0.3 is 0 Å². The zero-order chi connectivity index (χ0) is 22.1. The number of methoxy groups -OCH3 is 1. The lowest BCUT2D eigenvalue weighted by atomic mass is 10.0. The Morgan fingerprint density at radius 2 is 1.74 bits per heavy atom. The molecular weight excluding hydrogens is 410 g/mol. The van der Waals surface area contributed by atoms with Crippen molar-refractivity contribution in [1.82, 2.24) is 10.2 Å². The van der Waals surface area contributed by atoms with Crippen molar-refractivity contribution in [3.63, 3.8) is 0 Å². The maximum absolute atomic E-state index is 12.8. The van der Waals surface area contributed by atoms with Crippen LogP contribution in [0.5, 0.6) is 5.75 Å². The summed E-state index contributed by atoms with van der Waals surface area (Å²) in [5.41, 5.74) is 1.13. The maximum Gasteiger partial charge on any atom is 0.218 e. The first-order valence-electron chi connectivity index (χ1n) is 10.6. The quantitative estimate of drug-likeness (QED) is 0.625. The molecule has 7 heteroatoms. The van der Waals surface area contributed by atoms with Crippen LogP contribution in [0.1, 0.15) is 37.3 Å². The molecule has 3 rings (SSSR count). The average Bonchev–Trinajstić information content (AvgIpc) is 3.09. The van der Waals surface area contributed by atoms with Crippen molar-refractivity contribution < 1.29 is 13.2 Å². The molecule has 6 nitrogen and oxygen atoms in total. The van der Waals surface area contributed by atoms with Gasteiger partial charge in [-0.2, -0.15) is 5.26 Å². The summed E-state index contributed by atoms with van der Waals surface area (Å²) in [7, 11) is -2.20. The van der Waals surface area contributed by atoms with Gasteiger partial charge in [-0.1, -0.05) is 43.2 Å². The lowest BCUT2D eigenvalue weighted by Crippen LogP contribution is -2.35. The molecule has 0 bridgehead atoms. The molecule has 1 unspecified atom stereocenters. The van der Waals surface area contributed by atoms with Gasteiger partial charge < -0.3 is 10.1 Å². The Balaban J connectivity index is 1.80. The lowest BCUT2D eigenvalue weighted by Gasteiger charge is -2.31. The van der Waals surface area contributed by atoms with E-state index in [9.17, 15) is 13.7 Å². The molecule has 0 spiro atoms. The first kappa shape index (κ1) is 22.9. The highest BCUT2D eigenvalue weighted by atomic mass is 32.2. The molecule has 2 aromatic carbocycles. The van der Waals surface area contributed by atoms with Crippen LogP contribution >= 0.6 is 0 Å². The van der Waals surface area contributed by atoms with E-state index in [0.29, 0.717) is 6.54 Å². The fraction of sp³-hybridized carbons (Fsp3) is 0.375. The minimum Gasteiger partial charge on any atom is -0.497 e. The van der Waals surface area contributed by atoms with E-state index in [0.717, 1.165) is 37.2 Å². The Morgan fingerprint density at radius 3 is 2.32 bits per heavy atom. The van der Waals surface area contributed by atoms with Crippen molar-refractivity contribution in [1.29, 1.82) is 5.26 Å². The third-order valence-electron chi connectivity index (χ3n) is 5.58. The Labute approximate surface area is 185 Å².